The monoisotopic (exact) mass is 540 g/mol. The number of hydrogen-bond acceptors (Lipinski definition) is 5. The first-order valence-corrected chi connectivity index (χ1v) is 14.6. The minimum Gasteiger partial charge on any atom is -0.455 e. The maximum absolute atomic E-state index is 13.0. The fraction of sp³-hybridized carbons (Fsp3) is 0.259. The molecule has 5 rings (SSSR count). The van der Waals surface area contributed by atoms with Crippen LogP contribution < -0.4 is 9.64 Å². The summed E-state index contributed by atoms with van der Waals surface area (Å²) >= 11 is 7.71. The first-order valence-electron chi connectivity index (χ1n) is 11.5. The Bertz CT molecular complexity index is 1450. The van der Waals surface area contributed by atoms with Gasteiger partial charge in [0.2, 0.25) is 0 Å². The van der Waals surface area contributed by atoms with Gasteiger partial charge in [-0.2, -0.15) is 4.99 Å². The van der Waals surface area contributed by atoms with Crippen molar-refractivity contribution in [3.63, 3.8) is 0 Å². The molecule has 0 aromatic heterocycles. The smallest absolute Gasteiger partial charge is 0.252 e. The molecule has 1 amide bonds. The minimum absolute atomic E-state index is 0.0216. The molecule has 0 saturated carbocycles. The number of nitrogens with zero attached hydrogens (tertiary/aromatic N) is 2. The maximum atomic E-state index is 13.0. The van der Waals surface area contributed by atoms with Gasteiger partial charge in [0, 0.05) is 10.3 Å². The summed E-state index contributed by atoms with van der Waals surface area (Å²) in [6.07, 6.45) is 0.161. The van der Waals surface area contributed by atoms with Crippen LogP contribution >= 0.6 is 23.4 Å². The number of amides is 1. The van der Waals surface area contributed by atoms with Crippen molar-refractivity contribution in [2.24, 2.45) is 4.99 Å². The van der Waals surface area contributed by atoms with Crippen LogP contribution in [0.3, 0.4) is 0 Å². The zero-order valence-electron chi connectivity index (χ0n) is 19.8. The van der Waals surface area contributed by atoms with Crippen LogP contribution in [-0.4, -0.2) is 42.3 Å². The van der Waals surface area contributed by atoms with Crippen molar-refractivity contribution in [2.45, 2.75) is 31.6 Å². The summed E-state index contributed by atoms with van der Waals surface area (Å²) in [5.74, 6) is 0.881. The number of aliphatic imine (C=N–C) groups is 1. The Kier molecular flexibility index (Phi) is 6.85. The van der Waals surface area contributed by atoms with E-state index in [4.69, 9.17) is 16.3 Å². The lowest BCUT2D eigenvalue weighted by Crippen LogP contribution is -2.38. The number of amidine groups is 1. The summed E-state index contributed by atoms with van der Waals surface area (Å²) in [6.45, 7) is 3.97. The van der Waals surface area contributed by atoms with E-state index in [1.165, 1.54) is 11.8 Å². The molecule has 0 aliphatic carbocycles. The third-order valence-corrected chi connectivity index (χ3v) is 9.61. The minimum atomic E-state index is -3.21. The predicted octanol–water partition coefficient (Wildman–Crippen LogP) is 5.59. The van der Waals surface area contributed by atoms with Crippen LogP contribution in [0.4, 0.5) is 5.69 Å². The van der Waals surface area contributed by atoms with Crippen molar-refractivity contribution in [1.29, 1.82) is 0 Å². The van der Waals surface area contributed by atoms with E-state index < -0.39 is 9.84 Å². The average molecular weight is 541 g/mol. The molecule has 2 saturated heterocycles. The van der Waals surface area contributed by atoms with E-state index in [0.717, 1.165) is 16.7 Å². The summed E-state index contributed by atoms with van der Waals surface area (Å²) in [6, 6.07) is 20.3. The summed E-state index contributed by atoms with van der Waals surface area (Å²) < 4.78 is 31.2. The van der Waals surface area contributed by atoms with E-state index in [9.17, 15) is 13.2 Å². The Labute approximate surface area is 220 Å². The van der Waals surface area contributed by atoms with Gasteiger partial charge in [-0.15, -0.1) is 0 Å². The van der Waals surface area contributed by atoms with E-state index in [-0.39, 0.29) is 35.1 Å². The van der Waals surface area contributed by atoms with Crippen molar-refractivity contribution in [3.8, 4) is 11.5 Å². The Morgan fingerprint density at radius 2 is 1.83 bits per heavy atom. The molecule has 186 valence electrons. The summed E-state index contributed by atoms with van der Waals surface area (Å²) in [5, 5.41) is 0.710. The summed E-state index contributed by atoms with van der Waals surface area (Å²) in [4.78, 5) is 19.2. The van der Waals surface area contributed by atoms with Crippen LogP contribution in [0.15, 0.2) is 71.7 Å². The van der Waals surface area contributed by atoms with Gasteiger partial charge in [-0.05, 0) is 55.3 Å². The number of halogens is 1. The number of ether oxygens (including phenoxy) is 1. The lowest BCUT2D eigenvalue weighted by molar-refractivity contribution is -0.117. The molecule has 0 spiro atoms. The average Bonchev–Trinajstić information content (AvgIpc) is 3.27. The lowest BCUT2D eigenvalue weighted by Gasteiger charge is -2.27. The highest BCUT2D eigenvalue weighted by molar-refractivity contribution is 8.16. The summed E-state index contributed by atoms with van der Waals surface area (Å²) in [7, 11) is -3.21. The van der Waals surface area contributed by atoms with Gasteiger partial charge in [0.05, 0.1) is 29.7 Å². The molecule has 0 unspecified atom stereocenters. The fourth-order valence-corrected chi connectivity index (χ4v) is 8.53. The van der Waals surface area contributed by atoms with Crippen molar-refractivity contribution >= 4 is 50.0 Å². The Balaban J connectivity index is 1.52. The number of fused-ring (bicyclic) bond motifs is 1. The van der Waals surface area contributed by atoms with Gasteiger partial charge in [0.15, 0.2) is 20.8 Å². The van der Waals surface area contributed by atoms with Crippen LogP contribution in [0.25, 0.3) is 0 Å². The van der Waals surface area contributed by atoms with Crippen molar-refractivity contribution in [3.05, 3.63) is 88.4 Å². The Morgan fingerprint density at radius 3 is 2.58 bits per heavy atom. The molecule has 9 heteroatoms. The number of rotatable bonds is 5. The molecule has 36 heavy (non-hydrogen) atoms. The number of carbonyl (C=O) groups is 1. The zero-order chi connectivity index (χ0) is 25.4. The highest BCUT2D eigenvalue weighted by Gasteiger charge is 2.50. The standard InChI is InChI=1S/C27H25ClN2O4S2/c1-17-6-8-19(9-7-17)13-26(31)29-27-30(23-15-36(32,33)16-25(23)35-27)22-14-20(28)10-11-24(22)34-21-5-3-4-18(2)12-21/h3-12,14,23,25H,13,15-16H2,1-2H3/t23-,25-/m1/s1. The fourth-order valence-electron chi connectivity index (χ4n) is 4.44. The first-order chi connectivity index (χ1) is 17.2. The third kappa shape index (κ3) is 5.45. The number of thioether (sulfide) groups is 1. The number of anilines is 1. The van der Waals surface area contributed by atoms with Gasteiger partial charge in [-0.1, -0.05) is 65.3 Å². The summed E-state index contributed by atoms with van der Waals surface area (Å²) in [5.41, 5.74) is 3.62. The highest BCUT2D eigenvalue weighted by atomic mass is 35.5. The normalized spacial score (nSPS) is 21.5. The Morgan fingerprint density at radius 1 is 1.06 bits per heavy atom. The second kappa shape index (κ2) is 9.92. The van der Waals surface area contributed by atoms with Crippen molar-refractivity contribution < 1.29 is 17.9 Å². The van der Waals surface area contributed by atoms with E-state index in [0.29, 0.717) is 27.4 Å². The molecule has 0 N–H and O–H groups in total. The molecule has 2 atom stereocenters. The molecule has 3 aromatic rings. The van der Waals surface area contributed by atoms with E-state index in [2.05, 4.69) is 4.99 Å². The number of carbonyl (C=O) groups excluding carboxylic acids is 1. The van der Waals surface area contributed by atoms with Gasteiger partial charge < -0.3 is 9.64 Å². The van der Waals surface area contributed by atoms with E-state index >= 15 is 0 Å². The molecule has 3 aromatic carbocycles. The topological polar surface area (TPSA) is 76.0 Å². The van der Waals surface area contributed by atoms with Crippen LogP contribution in [0.5, 0.6) is 11.5 Å². The van der Waals surface area contributed by atoms with Crippen LogP contribution in [0.2, 0.25) is 5.02 Å². The van der Waals surface area contributed by atoms with E-state index in [1.807, 2.05) is 67.3 Å². The van der Waals surface area contributed by atoms with Crippen LogP contribution in [0.1, 0.15) is 16.7 Å². The molecule has 0 radical (unpaired) electrons. The zero-order valence-corrected chi connectivity index (χ0v) is 22.2. The highest BCUT2D eigenvalue weighted by Crippen LogP contribution is 2.45. The third-order valence-electron chi connectivity index (χ3n) is 6.16. The predicted molar refractivity (Wildman–Crippen MR) is 146 cm³/mol. The van der Waals surface area contributed by atoms with Crippen LogP contribution in [-0.2, 0) is 21.1 Å². The Hall–Kier alpha value is -2.81. The second-order valence-electron chi connectivity index (χ2n) is 9.15. The van der Waals surface area contributed by atoms with Gasteiger partial charge in [-0.25, -0.2) is 8.42 Å². The number of hydrogen-bond donors (Lipinski definition) is 0. The van der Waals surface area contributed by atoms with Crippen molar-refractivity contribution in [2.75, 3.05) is 16.4 Å². The van der Waals surface area contributed by atoms with Gasteiger partial charge in [-0.3, -0.25) is 4.79 Å². The number of benzene rings is 3. The van der Waals surface area contributed by atoms with E-state index in [1.54, 1.807) is 18.2 Å². The molecule has 2 heterocycles. The SMILES string of the molecule is Cc1ccc(CC(=O)N=C2S[C@@H]3CS(=O)(=O)C[C@H]3N2c2cc(Cl)ccc2Oc2cccc(C)c2)cc1. The van der Waals surface area contributed by atoms with Gasteiger partial charge in [0.25, 0.3) is 5.91 Å². The maximum Gasteiger partial charge on any atom is 0.252 e. The van der Waals surface area contributed by atoms with Gasteiger partial charge >= 0.3 is 0 Å². The largest absolute Gasteiger partial charge is 0.455 e. The molecule has 2 aliphatic heterocycles. The van der Waals surface area contributed by atoms with Crippen LogP contribution in [0, 0.1) is 13.8 Å². The molecule has 0 bridgehead atoms. The second-order valence-corrected chi connectivity index (χ2v) is 12.9. The number of aryl methyl sites for hydroxylation is 2. The number of sulfone groups is 1. The molecular formula is C27H25ClN2O4S2. The molecular weight excluding hydrogens is 516 g/mol. The van der Waals surface area contributed by atoms with Crippen molar-refractivity contribution in [1.82, 2.24) is 0 Å². The lowest BCUT2D eigenvalue weighted by atomic mass is 10.1. The quantitative estimate of drug-likeness (QED) is 0.420. The molecule has 2 fully saturated rings. The van der Waals surface area contributed by atoms with Gasteiger partial charge in [0.1, 0.15) is 5.75 Å². The first kappa shape index (κ1) is 24.9. The molecule has 2 aliphatic rings. The molecule has 6 nitrogen and oxygen atoms in total.